The number of ether oxygens (including phenoxy) is 1. The third-order valence-electron chi connectivity index (χ3n) is 3.65. The van der Waals surface area contributed by atoms with Crippen LogP contribution in [0.4, 0.5) is 5.95 Å². The van der Waals surface area contributed by atoms with Crippen LogP contribution in [0, 0.1) is 13.8 Å². The van der Waals surface area contributed by atoms with E-state index in [1.165, 1.54) is 12.1 Å². The van der Waals surface area contributed by atoms with E-state index in [1.807, 2.05) is 6.92 Å². The van der Waals surface area contributed by atoms with Crippen molar-refractivity contribution < 1.29 is 14.3 Å². The lowest BCUT2D eigenvalue weighted by Crippen LogP contribution is -2.14. The fourth-order valence-corrected chi connectivity index (χ4v) is 2.11. The number of esters is 1. The predicted molar refractivity (Wildman–Crippen MR) is 94.1 cm³/mol. The van der Waals surface area contributed by atoms with Crippen molar-refractivity contribution in [1.82, 2.24) is 19.7 Å². The summed E-state index contributed by atoms with van der Waals surface area (Å²) in [5.41, 5.74) is 1.56. The maximum absolute atomic E-state index is 12.2. The van der Waals surface area contributed by atoms with E-state index in [9.17, 15) is 9.59 Å². The maximum atomic E-state index is 12.2. The molecule has 0 spiro atoms. The molecular formula is C18H17N5O3. The first-order valence-electron chi connectivity index (χ1n) is 7.86. The highest BCUT2D eigenvalue weighted by atomic mass is 16.5. The number of carbonyl (C=O) groups excluding carboxylic acids is 2. The molecule has 2 heterocycles. The number of nitrogens with one attached hydrogen (secondary N) is 1. The number of nitrogens with zero attached hydrogens (tertiary/aromatic N) is 4. The van der Waals surface area contributed by atoms with Gasteiger partial charge < -0.3 is 4.74 Å². The van der Waals surface area contributed by atoms with Crippen LogP contribution >= 0.6 is 0 Å². The van der Waals surface area contributed by atoms with E-state index in [4.69, 9.17) is 4.74 Å². The van der Waals surface area contributed by atoms with Crippen molar-refractivity contribution in [3.63, 3.8) is 0 Å². The van der Waals surface area contributed by atoms with Gasteiger partial charge in [-0.25, -0.2) is 9.78 Å². The molecule has 0 saturated heterocycles. The summed E-state index contributed by atoms with van der Waals surface area (Å²) in [5.74, 6) is 0.327. The van der Waals surface area contributed by atoms with Gasteiger partial charge in [-0.05, 0) is 49.7 Å². The molecule has 3 rings (SSSR count). The van der Waals surface area contributed by atoms with Gasteiger partial charge in [0, 0.05) is 18.8 Å². The number of benzene rings is 1. The van der Waals surface area contributed by atoms with E-state index >= 15 is 0 Å². The van der Waals surface area contributed by atoms with Crippen LogP contribution in [0.15, 0.2) is 42.6 Å². The Bertz CT molecular complexity index is 926. The van der Waals surface area contributed by atoms with Crippen LogP contribution in [-0.2, 0) is 7.05 Å². The molecular weight excluding hydrogens is 334 g/mol. The molecule has 8 heteroatoms. The van der Waals surface area contributed by atoms with Crippen LogP contribution in [0.25, 0.3) is 0 Å². The van der Waals surface area contributed by atoms with E-state index in [0.717, 1.165) is 5.56 Å². The Balaban J connectivity index is 1.65. The van der Waals surface area contributed by atoms with Gasteiger partial charge in [-0.2, -0.15) is 4.98 Å². The summed E-state index contributed by atoms with van der Waals surface area (Å²) in [6.07, 6.45) is 1.59. The molecule has 0 aliphatic heterocycles. The highest BCUT2D eigenvalue weighted by Gasteiger charge is 2.12. The third kappa shape index (κ3) is 3.92. The first kappa shape index (κ1) is 17.3. The molecule has 2 aromatic heterocycles. The smallest absolute Gasteiger partial charge is 0.362 e. The standard InChI is InChI=1S/C18H17N5O3/c1-11-4-9-15(19-10-11)17(25)26-14-7-5-13(6-8-14)16(24)21-18-20-12(2)23(3)22-18/h4-10H,1-3H3,(H,21,22,24). The first-order chi connectivity index (χ1) is 12.4. The van der Waals surface area contributed by atoms with E-state index in [2.05, 4.69) is 20.4 Å². The average Bonchev–Trinajstić information content (AvgIpc) is 2.93. The van der Waals surface area contributed by atoms with Crippen molar-refractivity contribution in [2.45, 2.75) is 13.8 Å². The van der Waals surface area contributed by atoms with Gasteiger partial charge in [-0.15, -0.1) is 5.10 Å². The molecule has 0 saturated carbocycles. The third-order valence-corrected chi connectivity index (χ3v) is 3.65. The number of pyridine rings is 1. The SMILES string of the molecule is Cc1ccc(C(=O)Oc2ccc(C(=O)Nc3nc(C)n(C)n3)cc2)nc1. The highest BCUT2D eigenvalue weighted by molar-refractivity contribution is 6.03. The lowest BCUT2D eigenvalue weighted by molar-refractivity contribution is 0.0728. The summed E-state index contributed by atoms with van der Waals surface area (Å²) in [7, 11) is 1.74. The molecule has 0 atom stereocenters. The number of rotatable bonds is 4. The number of aryl methyl sites for hydroxylation is 3. The summed E-state index contributed by atoms with van der Waals surface area (Å²) < 4.78 is 6.82. The van der Waals surface area contributed by atoms with Crippen molar-refractivity contribution in [3.8, 4) is 5.75 Å². The Hall–Kier alpha value is -3.55. The zero-order chi connectivity index (χ0) is 18.7. The summed E-state index contributed by atoms with van der Waals surface area (Å²) in [6, 6.07) is 9.56. The topological polar surface area (TPSA) is 99.0 Å². The number of hydrogen-bond acceptors (Lipinski definition) is 6. The molecule has 1 N–H and O–H groups in total. The Morgan fingerprint density at radius 3 is 2.38 bits per heavy atom. The maximum Gasteiger partial charge on any atom is 0.362 e. The van der Waals surface area contributed by atoms with Crippen molar-refractivity contribution in [3.05, 3.63) is 65.2 Å². The van der Waals surface area contributed by atoms with Crippen molar-refractivity contribution in [2.75, 3.05) is 5.32 Å². The molecule has 0 radical (unpaired) electrons. The van der Waals surface area contributed by atoms with Gasteiger partial charge in [0.2, 0.25) is 5.95 Å². The van der Waals surface area contributed by atoms with Gasteiger partial charge in [-0.3, -0.25) is 14.8 Å². The lowest BCUT2D eigenvalue weighted by Gasteiger charge is -2.05. The fourth-order valence-electron chi connectivity index (χ4n) is 2.11. The zero-order valence-corrected chi connectivity index (χ0v) is 14.6. The van der Waals surface area contributed by atoms with Crippen LogP contribution in [0.3, 0.4) is 0 Å². The second-order valence-corrected chi connectivity index (χ2v) is 5.70. The Labute approximate surface area is 149 Å². The molecule has 0 bridgehead atoms. The monoisotopic (exact) mass is 351 g/mol. The minimum Gasteiger partial charge on any atom is -0.422 e. The molecule has 3 aromatic rings. The van der Waals surface area contributed by atoms with Crippen LogP contribution in [0.2, 0.25) is 0 Å². The van der Waals surface area contributed by atoms with Gasteiger partial charge in [0.15, 0.2) is 0 Å². The minimum atomic E-state index is -0.560. The average molecular weight is 351 g/mol. The van der Waals surface area contributed by atoms with Crippen molar-refractivity contribution in [1.29, 1.82) is 0 Å². The van der Waals surface area contributed by atoms with Crippen LogP contribution in [0.1, 0.15) is 32.2 Å². The molecule has 0 fully saturated rings. The van der Waals surface area contributed by atoms with Crippen LogP contribution in [-0.4, -0.2) is 31.6 Å². The summed E-state index contributed by atoms with van der Waals surface area (Å²) in [4.78, 5) is 32.4. The number of aromatic nitrogens is 4. The number of anilines is 1. The van der Waals surface area contributed by atoms with E-state index < -0.39 is 5.97 Å². The summed E-state index contributed by atoms with van der Waals surface area (Å²) >= 11 is 0. The first-order valence-corrected chi connectivity index (χ1v) is 7.86. The highest BCUT2D eigenvalue weighted by Crippen LogP contribution is 2.15. The Morgan fingerprint density at radius 1 is 1.08 bits per heavy atom. The van der Waals surface area contributed by atoms with Gasteiger partial charge in [0.25, 0.3) is 5.91 Å². The fraction of sp³-hybridized carbons (Fsp3) is 0.167. The Morgan fingerprint density at radius 2 is 1.81 bits per heavy atom. The van der Waals surface area contributed by atoms with Crippen LogP contribution < -0.4 is 10.1 Å². The molecule has 1 amide bonds. The lowest BCUT2D eigenvalue weighted by atomic mass is 10.2. The van der Waals surface area contributed by atoms with Crippen LogP contribution in [0.5, 0.6) is 5.75 Å². The number of hydrogen-bond donors (Lipinski definition) is 1. The molecule has 26 heavy (non-hydrogen) atoms. The minimum absolute atomic E-state index is 0.217. The van der Waals surface area contributed by atoms with E-state index in [1.54, 1.807) is 49.1 Å². The van der Waals surface area contributed by atoms with Crippen molar-refractivity contribution in [2.24, 2.45) is 7.05 Å². The van der Waals surface area contributed by atoms with Gasteiger partial charge in [0.05, 0.1) is 0 Å². The number of carbonyl (C=O) groups is 2. The molecule has 0 aliphatic rings. The normalized spacial score (nSPS) is 10.4. The van der Waals surface area contributed by atoms with E-state index in [0.29, 0.717) is 17.1 Å². The summed E-state index contributed by atoms with van der Waals surface area (Å²) in [5, 5.41) is 6.68. The zero-order valence-electron chi connectivity index (χ0n) is 14.6. The second kappa shape index (κ2) is 7.14. The van der Waals surface area contributed by atoms with Crippen molar-refractivity contribution >= 4 is 17.8 Å². The van der Waals surface area contributed by atoms with E-state index in [-0.39, 0.29) is 17.5 Å². The molecule has 1 aromatic carbocycles. The van der Waals surface area contributed by atoms with Gasteiger partial charge in [-0.1, -0.05) is 6.07 Å². The molecule has 0 aliphatic carbocycles. The quantitative estimate of drug-likeness (QED) is 0.572. The van der Waals surface area contributed by atoms with Gasteiger partial charge >= 0.3 is 5.97 Å². The Kier molecular flexibility index (Phi) is 4.74. The predicted octanol–water partition coefficient (Wildman–Crippen LogP) is 2.30. The molecule has 0 unspecified atom stereocenters. The molecule has 8 nitrogen and oxygen atoms in total. The number of amides is 1. The molecule has 132 valence electrons. The second-order valence-electron chi connectivity index (χ2n) is 5.70. The summed E-state index contributed by atoms with van der Waals surface area (Å²) in [6.45, 7) is 3.67. The van der Waals surface area contributed by atoms with Gasteiger partial charge in [0.1, 0.15) is 17.3 Å². The largest absolute Gasteiger partial charge is 0.422 e.